The van der Waals surface area contributed by atoms with Crippen LogP contribution in [-0.4, -0.2) is 38.5 Å². The van der Waals surface area contributed by atoms with Crippen LogP contribution in [0.5, 0.6) is 0 Å². The third-order valence-corrected chi connectivity index (χ3v) is 4.57. The van der Waals surface area contributed by atoms with Gasteiger partial charge >= 0.3 is 16.6 Å². The van der Waals surface area contributed by atoms with Crippen molar-refractivity contribution in [2.24, 2.45) is 0 Å². The van der Waals surface area contributed by atoms with E-state index in [1.165, 1.54) is 25.7 Å². The van der Waals surface area contributed by atoms with Gasteiger partial charge in [0.15, 0.2) is 0 Å². The zero-order valence-electron chi connectivity index (χ0n) is 10.1. The summed E-state index contributed by atoms with van der Waals surface area (Å²) in [5, 5.41) is 3.19. The Morgan fingerprint density at radius 2 is 1.38 bits per heavy atom. The smallest absolute Gasteiger partial charge is 0.410 e. The minimum absolute atomic E-state index is 0.389. The Labute approximate surface area is 99.1 Å². The fourth-order valence-corrected chi connectivity index (χ4v) is 3.09. The first kappa shape index (κ1) is 16.5. The zero-order chi connectivity index (χ0) is 10.4. The monoisotopic (exact) mass is 216 g/mol. The van der Waals surface area contributed by atoms with E-state index in [9.17, 15) is 0 Å². The van der Waals surface area contributed by atoms with Crippen molar-refractivity contribution in [2.45, 2.75) is 57.0 Å². The van der Waals surface area contributed by atoms with Gasteiger partial charge in [-0.05, 0) is 6.92 Å². The number of rotatable bonds is 7. The van der Waals surface area contributed by atoms with Gasteiger partial charge in [-0.2, -0.15) is 0 Å². The number of unbranched alkanes of at least 4 members (excludes halogenated alkanes) is 2. The van der Waals surface area contributed by atoms with Gasteiger partial charge in [0.05, 0.1) is 0 Å². The fraction of sp³-hybridized carbons (Fsp3) is 1.00. The molecule has 0 aromatic carbocycles. The van der Waals surface area contributed by atoms with Crippen LogP contribution in [0.4, 0.5) is 0 Å². The van der Waals surface area contributed by atoms with Crippen molar-refractivity contribution in [3.8, 4) is 0 Å². The van der Waals surface area contributed by atoms with E-state index in [4.69, 9.17) is 0 Å². The van der Waals surface area contributed by atoms with E-state index in [0.29, 0.717) is 15.2 Å². The van der Waals surface area contributed by atoms with Crippen molar-refractivity contribution in [1.29, 1.82) is 0 Å². The van der Waals surface area contributed by atoms with Crippen molar-refractivity contribution in [3.05, 3.63) is 0 Å². The zero-order valence-corrected chi connectivity index (χ0v) is 13.5. The number of hydrogen-bond acceptors (Lipinski definition) is 1. The van der Waals surface area contributed by atoms with Crippen LogP contribution in [0, 0.1) is 0 Å². The predicted molar refractivity (Wildman–Crippen MR) is 66.7 cm³/mol. The summed E-state index contributed by atoms with van der Waals surface area (Å²) >= 11 is 1.28. The second-order valence-corrected chi connectivity index (χ2v) is 6.04. The third kappa shape index (κ3) is 24.6. The van der Waals surface area contributed by atoms with Crippen molar-refractivity contribution in [1.82, 2.24) is 0 Å². The molecule has 0 aromatic rings. The van der Waals surface area contributed by atoms with Gasteiger partial charge in [-0.1, -0.05) is 50.1 Å². The van der Waals surface area contributed by atoms with Gasteiger partial charge in [0.2, 0.25) is 15.2 Å². The normalized spacial score (nSPS) is 8.85. The molecule has 0 rings (SSSR count). The third-order valence-electron chi connectivity index (χ3n) is 2.00. The van der Waals surface area contributed by atoms with Gasteiger partial charge < -0.3 is 3.79 Å². The molecule has 0 aliphatic rings. The topological polar surface area (TPSA) is 9.23 Å². The molecule has 0 atom stereocenters. The van der Waals surface area contributed by atoms with Gasteiger partial charge in [0, 0.05) is 6.61 Å². The summed E-state index contributed by atoms with van der Waals surface area (Å²) in [7, 11) is 0. The maximum absolute atomic E-state index is 4.68. The molecule has 0 radical (unpaired) electrons. The molecule has 0 saturated carbocycles. The first-order valence-electron chi connectivity index (χ1n) is 5.82. The molecule has 0 heterocycles. The van der Waals surface area contributed by atoms with Crippen LogP contribution in [-0.2, 0) is 3.79 Å². The molecule has 0 fully saturated rings. The average molecular weight is 216 g/mol. The Morgan fingerprint density at radius 1 is 1.00 bits per heavy atom. The van der Waals surface area contributed by atoms with Crippen molar-refractivity contribution < 1.29 is 3.79 Å². The second-order valence-electron chi connectivity index (χ2n) is 3.35. The Kier molecular flexibility index (Phi) is 23.7. The van der Waals surface area contributed by atoms with Gasteiger partial charge in [0.25, 0.3) is 0 Å². The molecule has 1 nitrogen and oxygen atoms in total. The van der Waals surface area contributed by atoms with Crippen molar-refractivity contribution in [2.75, 3.05) is 6.61 Å². The summed E-state index contributed by atoms with van der Waals surface area (Å²) in [6.07, 6.45) is 5.80. The molecule has 0 saturated heterocycles. The first-order chi connectivity index (χ1) is 6.33. The summed E-state index contributed by atoms with van der Waals surface area (Å²) in [6, 6.07) is 0. The summed E-state index contributed by atoms with van der Waals surface area (Å²) in [6.45, 7) is 7.45. The van der Waals surface area contributed by atoms with Crippen LogP contribution in [0.25, 0.3) is 0 Å². The molecule has 0 aliphatic heterocycles. The maximum Gasteiger partial charge on any atom is 0.410 e. The van der Waals surface area contributed by atoms with Crippen LogP contribution in [0.15, 0.2) is 0 Å². The average Bonchev–Trinajstić information content (AvgIpc) is 2.18. The van der Waals surface area contributed by atoms with E-state index in [1.54, 1.807) is 10.6 Å². The maximum atomic E-state index is 4.68. The Hall–Kier alpha value is 1.02. The highest BCUT2D eigenvalue weighted by molar-refractivity contribution is 6.35. The molecular formula is C10H26Al2O. The molecule has 0 aliphatic carbocycles. The minimum Gasteiger partial charge on any atom is -0.506 e. The van der Waals surface area contributed by atoms with Gasteiger partial charge in [-0.25, -0.2) is 0 Å². The lowest BCUT2D eigenvalue weighted by Crippen LogP contribution is -1.87. The molecule has 0 spiro atoms. The van der Waals surface area contributed by atoms with Crippen LogP contribution in [0.3, 0.4) is 0 Å². The minimum atomic E-state index is 0.389. The lowest BCUT2D eigenvalue weighted by molar-refractivity contribution is 0.375. The summed E-state index contributed by atoms with van der Waals surface area (Å²) in [5.41, 5.74) is 0. The second kappa shape index (κ2) is 18.7. The molecule has 13 heavy (non-hydrogen) atoms. The summed E-state index contributed by atoms with van der Waals surface area (Å²) in [5.74, 6) is 0. The van der Waals surface area contributed by atoms with E-state index in [2.05, 4.69) is 17.6 Å². The number of hydrogen-bond donors (Lipinski definition) is 0. The largest absolute Gasteiger partial charge is 0.506 e. The first-order valence-corrected chi connectivity index (χ1v) is 8.63. The highest BCUT2D eigenvalue weighted by Crippen LogP contribution is 1.99. The lowest BCUT2D eigenvalue weighted by Gasteiger charge is -1.92. The van der Waals surface area contributed by atoms with Crippen LogP contribution in [0.1, 0.15) is 46.5 Å². The molecule has 78 valence electrons. The van der Waals surface area contributed by atoms with Crippen LogP contribution < -0.4 is 0 Å². The highest BCUT2D eigenvalue weighted by atomic mass is 27.1. The van der Waals surface area contributed by atoms with Crippen LogP contribution >= 0.6 is 0 Å². The molecule has 0 bridgehead atoms. The van der Waals surface area contributed by atoms with Crippen molar-refractivity contribution in [3.63, 3.8) is 0 Å². The van der Waals surface area contributed by atoms with Gasteiger partial charge in [-0.3, -0.25) is 0 Å². The molecule has 0 unspecified atom stereocenters. The van der Waals surface area contributed by atoms with Gasteiger partial charge in [-0.15, -0.1) is 0 Å². The standard InChI is InChI=1S/2C4H9.C2H5O.2Al.3H/c2*1-3-4-2;1-2-3;;;;;/h2*1,3-4H2,2H3;2H2,1H3;;;;;/q;;-1;;+1;;;. The van der Waals surface area contributed by atoms with E-state index < -0.39 is 0 Å². The summed E-state index contributed by atoms with van der Waals surface area (Å²) in [4.78, 5) is 0. The Morgan fingerprint density at radius 3 is 1.62 bits per heavy atom. The molecule has 0 amide bonds. The van der Waals surface area contributed by atoms with E-state index in [1.807, 2.05) is 6.92 Å². The molecule has 0 N–H and O–H groups in total. The fourth-order valence-electron chi connectivity index (χ4n) is 1.03. The van der Waals surface area contributed by atoms with E-state index >= 15 is 0 Å². The van der Waals surface area contributed by atoms with E-state index in [0.717, 1.165) is 23.2 Å². The Bertz CT molecular complexity index is 61.9. The Balaban J connectivity index is 0. The molecule has 3 heteroatoms. The van der Waals surface area contributed by atoms with Crippen molar-refractivity contribution >= 4 is 31.8 Å². The molecular weight excluding hydrogens is 190 g/mol. The quantitative estimate of drug-likeness (QED) is 0.469. The highest BCUT2D eigenvalue weighted by Gasteiger charge is 1.90. The predicted octanol–water partition coefficient (Wildman–Crippen LogP) is 2.43. The SMILES string of the molecule is CCC[CH2][AlH][CH2]CCC.CC[O][AlH2]. The molecule has 0 aromatic heterocycles. The van der Waals surface area contributed by atoms with E-state index in [-0.39, 0.29) is 0 Å². The lowest BCUT2D eigenvalue weighted by atomic mass is 10.4. The van der Waals surface area contributed by atoms with Gasteiger partial charge in [0.1, 0.15) is 0 Å². The van der Waals surface area contributed by atoms with Crippen LogP contribution in [0.2, 0.25) is 10.6 Å². The summed E-state index contributed by atoms with van der Waals surface area (Å²) < 4.78 is 4.68.